The van der Waals surface area contributed by atoms with Gasteiger partial charge in [0.1, 0.15) is 6.04 Å². The highest BCUT2D eigenvalue weighted by molar-refractivity contribution is 8.00. The maximum Gasteiger partial charge on any atom is 0.320 e. The number of carbonyl (C=O) groups is 1. The first-order valence-corrected chi connectivity index (χ1v) is 5.15. The Morgan fingerprint density at radius 2 is 2.23 bits per heavy atom. The van der Waals surface area contributed by atoms with Crippen LogP contribution < -0.4 is 5.32 Å². The van der Waals surface area contributed by atoms with E-state index < -0.39 is 5.97 Å². The zero-order valence-electron chi connectivity index (χ0n) is 7.82. The summed E-state index contributed by atoms with van der Waals surface area (Å²) in [4.78, 5) is 10.6. The highest BCUT2D eigenvalue weighted by Crippen LogP contribution is 2.24. The molecule has 0 aromatic carbocycles. The van der Waals surface area contributed by atoms with Crippen molar-refractivity contribution in [3.8, 4) is 0 Å². The van der Waals surface area contributed by atoms with E-state index in [1.54, 1.807) is 0 Å². The van der Waals surface area contributed by atoms with Crippen LogP contribution in [-0.4, -0.2) is 34.2 Å². The highest BCUT2D eigenvalue weighted by Gasteiger charge is 2.29. The second kappa shape index (κ2) is 5.73. The van der Waals surface area contributed by atoms with E-state index in [-0.39, 0.29) is 18.4 Å². The summed E-state index contributed by atoms with van der Waals surface area (Å²) in [5.41, 5.74) is 0. The lowest BCUT2D eigenvalue weighted by atomic mass is 10.2. The number of hydrogen-bond donors (Lipinski definition) is 2. The average molecular weight is 226 g/mol. The summed E-state index contributed by atoms with van der Waals surface area (Å²) in [7, 11) is 0. The van der Waals surface area contributed by atoms with Gasteiger partial charge in [-0.1, -0.05) is 13.8 Å². The molecule has 0 saturated carbocycles. The first-order chi connectivity index (χ1) is 5.59. The molecule has 13 heavy (non-hydrogen) atoms. The van der Waals surface area contributed by atoms with Crippen LogP contribution in [0, 0.1) is 0 Å². The molecule has 78 valence electrons. The number of aliphatic carboxylic acids is 1. The van der Waals surface area contributed by atoms with Crippen molar-refractivity contribution < 1.29 is 9.90 Å². The van der Waals surface area contributed by atoms with Gasteiger partial charge >= 0.3 is 5.97 Å². The van der Waals surface area contributed by atoms with Gasteiger partial charge in [0.15, 0.2) is 0 Å². The van der Waals surface area contributed by atoms with Crippen molar-refractivity contribution in [1.82, 2.24) is 5.32 Å². The van der Waals surface area contributed by atoms with Crippen LogP contribution in [0.1, 0.15) is 20.3 Å². The van der Waals surface area contributed by atoms with E-state index in [2.05, 4.69) is 19.2 Å². The molecule has 0 unspecified atom stereocenters. The minimum atomic E-state index is -0.721. The number of halogens is 1. The number of hydrogen-bond acceptors (Lipinski definition) is 3. The van der Waals surface area contributed by atoms with E-state index in [4.69, 9.17) is 5.11 Å². The molecule has 0 spiro atoms. The molecule has 1 aliphatic rings. The van der Waals surface area contributed by atoms with E-state index >= 15 is 0 Å². The third-order valence-electron chi connectivity index (χ3n) is 1.85. The summed E-state index contributed by atoms with van der Waals surface area (Å²) in [6.45, 7) is 5.11. The monoisotopic (exact) mass is 225 g/mol. The molecular formula is C8H16ClNO2S. The predicted octanol–water partition coefficient (Wildman–Crippen LogP) is 1.36. The molecule has 0 bridgehead atoms. The molecular weight excluding hydrogens is 210 g/mol. The van der Waals surface area contributed by atoms with Crippen LogP contribution in [0.5, 0.6) is 0 Å². The Morgan fingerprint density at radius 3 is 2.62 bits per heavy atom. The van der Waals surface area contributed by atoms with Crippen LogP contribution in [0.4, 0.5) is 0 Å². The molecule has 0 aliphatic carbocycles. The Labute approximate surface area is 89.1 Å². The van der Waals surface area contributed by atoms with Crippen molar-refractivity contribution >= 4 is 30.1 Å². The summed E-state index contributed by atoms with van der Waals surface area (Å²) < 4.78 is 0. The van der Waals surface area contributed by atoms with Gasteiger partial charge in [-0.05, 0) is 11.7 Å². The minimum absolute atomic E-state index is 0. The molecule has 1 aliphatic heterocycles. The Hall–Kier alpha value is 0.0700. The molecule has 1 heterocycles. The summed E-state index contributed by atoms with van der Waals surface area (Å²) >= 11 is 1.86. The molecule has 1 saturated heterocycles. The zero-order chi connectivity index (χ0) is 9.14. The average Bonchev–Trinajstić information content (AvgIpc) is 2.34. The molecule has 2 atom stereocenters. The molecule has 0 aromatic heterocycles. The van der Waals surface area contributed by atoms with Gasteiger partial charge in [0.05, 0.1) is 0 Å². The van der Waals surface area contributed by atoms with Gasteiger partial charge in [-0.15, -0.1) is 12.4 Å². The Kier molecular flexibility index (Phi) is 5.76. The van der Waals surface area contributed by atoms with Crippen molar-refractivity contribution in [2.45, 2.75) is 36.8 Å². The van der Waals surface area contributed by atoms with E-state index in [0.29, 0.717) is 10.5 Å². The van der Waals surface area contributed by atoms with Gasteiger partial charge in [0, 0.05) is 11.8 Å². The van der Waals surface area contributed by atoms with E-state index in [1.807, 2.05) is 11.8 Å². The van der Waals surface area contributed by atoms with Crippen molar-refractivity contribution in [3.05, 3.63) is 0 Å². The molecule has 2 N–H and O–H groups in total. The maximum atomic E-state index is 10.6. The van der Waals surface area contributed by atoms with Gasteiger partial charge < -0.3 is 10.4 Å². The largest absolute Gasteiger partial charge is 0.480 e. The van der Waals surface area contributed by atoms with Gasteiger partial charge in [0.25, 0.3) is 0 Å². The summed E-state index contributed by atoms with van der Waals surface area (Å²) in [5.74, 6) is -0.721. The highest BCUT2D eigenvalue weighted by atomic mass is 35.5. The molecule has 0 amide bonds. The number of rotatable bonds is 3. The van der Waals surface area contributed by atoms with Crippen LogP contribution in [0.3, 0.4) is 0 Å². The summed E-state index contributed by atoms with van der Waals surface area (Å²) in [5, 5.41) is 12.7. The molecule has 3 nitrogen and oxygen atoms in total. The fraction of sp³-hybridized carbons (Fsp3) is 0.875. The van der Waals surface area contributed by atoms with Crippen LogP contribution in [0.25, 0.3) is 0 Å². The van der Waals surface area contributed by atoms with Crippen LogP contribution in [-0.2, 0) is 4.79 Å². The lowest BCUT2D eigenvalue weighted by Gasteiger charge is -2.10. The minimum Gasteiger partial charge on any atom is -0.480 e. The Morgan fingerprint density at radius 1 is 1.62 bits per heavy atom. The van der Waals surface area contributed by atoms with E-state index in [0.717, 1.165) is 13.0 Å². The number of carboxylic acid groups (broad SMARTS) is 1. The first kappa shape index (κ1) is 13.1. The Balaban J connectivity index is 0.00000144. The van der Waals surface area contributed by atoms with Crippen LogP contribution in [0.2, 0.25) is 0 Å². The zero-order valence-corrected chi connectivity index (χ0v) is 9.45. The fourth-order valence-electron chi connectivity index (χ4n) is 1.38. The van der Waals surface area contributed by atoms with E-state index in [1.165, 1.54) is 0 Å². The lowest BCUT2D eigenvalue weighted by molar-refractivity contribution is -0.139. The second-order valence-corrected chi connectivity index (χ2v) is 5.22. The van der Waals surface area contributed by atoms with Gasteiger partial charge in [-0.2, -0.15) is 11.8 Å². The van der Waals surface area contributed by atoms with Crippen molar-refractivity contribution in [2.24, 2.45) is 0 Å². The molecule has 0 radical (unpaired) electrons. The quantitative estimate of drug-likeness (QED) is 0.762. The fourth-order valence-corrected chi connectivity index (χ4v) is 2.65. The first-order valence-electron chi connectivity index (χ1n) is 4.21. The van der Waals surface area contributed by atoms with Gasteiger partial charge in [-0.25, -0.2) is 0 Å². The molecule has 1 rings (SSSR count). The SMILES string of the molecule is CC(C)S[C@H]1CN[C@H](C(=O)O)C1.Cl. The predicted molar refractivity (Wildman–Crippen MR) is 57.8 cm³/mol. The van der Waals surface area contributed by atoms with Crippen molar-refractivity contribution in [2.75, 3.05) is 6.54 Å². The number of nitrogens with one attached hydrogen (secondary N) is 1. The topological polar surface area (TPSA) is 49.3 Å². The number of carboxylic acids is 1. The van der Waals surface area contributed by atoms with E-state index in [9.17, 15) is 4.79 Å². The summed E-state index contributed by atoms with van der Waals surface area (Å²) in [6.07, 6.45) is 0.762. The normalized spacial score (nSPS) is 27.3. The summed E-state index contributed by atoms with van der Waals surface area (Å²) in [6, 6.07) is -0.318. The van der Waals surface area contributed by atoms with Gasteiger partial charge in [-0.3, -0.25) is 4.79 Å². The van der Waals surface area contributed by atoms with Crippen molar-refractivity contribution in [1.29, 1.82) is 0 Å². The van der Waals surface area contributed by atoms with Crippen LogP contribution in [0.15, 0.2) is 0 Å². The van der Waals surface area contributed by atoms with Crippen LogP contribution >= 0.6 is 24.2 Å². The maximum absolute atomic E-state index is 10.6. The smallest absolute Gasteiger partial charge is 0.320 e. The number of thioether (sulfide) groups is 1. The third kappa shape index (κ3) is 4.20. The molecule has 1 fully saturated rings. The third-order valence-corrected chi connectivity index (χ3v) is 3.14. The lowest BCUT2D eigenvalue weighted by Crippen LogP contribution is -2.29. The second-order valence-electron chi connectivity index (χ2n) is 3.34. The van der Waals surface area contributed by atoms with Crippen molar-refractivity contribution in [3.63, 3.8) is 0 Å². The van der Waals surface area contributed by atoms with Gasteiger partial charge in [0.2, 0.25) is 0 Å². The molecule has 0 aromatic rings. The standard InChI is InChI=1S/C8H15NO2S.ClH/c1-5(2)12-6-3-7(8(10)11)9-4-6;/h5-7,9H,3-4H2,1-2H3,(H,10,11);1H/t6-,7+;/m1./s1. The Bertz CT molecular complexity index is 178. The molecule has 5 heteroatoms.